The van der Waals surface area contributed by atoms with Crippen molar-refractivity contribution in [2.45, 2.75) is 13.0 Å². The lowest BCUT2D eigenvalue weighted by atomic mass is 10.2. The third-order valence-corrected chi connectivity index (χ3v) is 4.63. The molecule has 0 aliphatic rings. The topological polar surface area (TPSA) is 70.6 Å². The fourth-order valence-corrected chi connectivity index (χ4v) is 3.00. The van der Waals surface area contributed by atoms with E-state index in [9.17, 15) is 4.79 Å². The van der Waals surface area contributed by atoms with Gasteiger partial charge in [0.25, 0.3) is 5.91 Å². The van der Waals surface area contributed by atoms with Crippen molar-refractivity contribution in [1.82, 2.24) is 19.8 Å². The van der Waals surface area contributed by atoms with Crippen molar-refractivity contribution in [2.75, 3.05) is 46.2 Å². The van der Waals surface area contributed by atoms with Crippen LogP contribution >= 0.6 is 0 Å². The van der Waals surface area contributed by atoms with Crippen LogP contribution in [0.3, 0.4) is 0 Å². The van der Waals surface area contributed by atoms with Gasteiger partial charge in [0.1, 0.15) is 11.6 Å². The Labute approximate surface area is 177 Å². The Bertz CT molecular complexity index is 962. The van der Waals surface area contributed by atoms with Gasteiger partial charge in [0, 0.05) is 19.0 Å². The minimum absolute atomic E-state index is 0.0241. The van der Waals surface area contributed by atoms with Gasteiger partial charge in [0.2, 0.25) is 0 Å². The molecule has 0 saturated heterocycles. The molecule has 1 aromatic heterocycles. The average molecular weight is 408 g/mol. The molecule has 0 bridgehead atoms. The second-order valence-electron chi connectivity index (χ2n) is 7.44. The quantitative estimate of drug-likeness (QED) is 0.521. The van der Waals surface area contributed by atoms with Crippen LogP contribution in [0.5, 0.6) is 5.75 Å². The molecule has 7 heteroatoms. The van der Waals surface area contributed by atoms with Gasteiger partial charge < -0.3 is 19.9 Å². The molecule has 3 rings (SSSR count). The summed E-state index contributed by atoms with van der Waals surface area (Å²) >= 11 is 0. The maximum atomic E-state index is 12.5. The first-order valence-electron chi connectivity index (χ1n) is 10.1. The monoisotopic (exact) mass is 407 g/mol. The number of amides is 1. The number of nitrogens with zero attached hydrogens (tertiary/aromatic N) is 4. The summed E-state index contributed by atoms with van der Waals surface area (Å²) in [5.74, 6) is 1.94. The molecule has 2 aromatic carbocycles. The second-order valence-corrected chi connectivity index (χ2v) is 7.44. The lowest BCUT2D eigenvalue weighted by molar-refractivity contribution is -0.132. The van der Waals surface area contributed by atoms with Crippen molar-refractivity contribution in [3.63, 3.8) is 0 Å². The average Bonchev–Trinajstić information content (AvgIpc) is 2.75. The Hall–Kier alpha value is -3.19. The summed E-state index contributed by atoms with van der Waals surface area (Å²) in [4.78, 5) is 25.5. The summed E-state index contributed by atoms with van der Waals surface area (Å²) in [7, 11) is 5.86. The van der Waals surface area contributed by atoms with Crippen LogP contribution in [0.2, 0.25) is 0 Å². The highest BCUT2D eigenvalue weighted by Crippen LogP contribution is 2.20. The number of rotatable bonds is 10. The van der Waals surface area contributed by atoms with Gasteiger partial charge in [0.15, 0.2) is 12.4 Å². The van der Waals surface area contributed by atoms with E-state index in [-0.39, 0.29) is 12.5 Å². The summed E-state index contributed by atoms with van der Waals surface area (Å²) in [6, 6.07) is 17.2. The number of aromatic nitrogens is 2. The third kappa shape index (κ3) is 6.15. The van der Waals surface area contributed by atoms with Crippen LogP contribution in [-0.2, 0) is 11.3 Å². The number of para-hydroxylation sites is 2. The van der Waals surface area contributed by atoms with Crippen LogP contribution in [0.15, 0.2) is 54.6 Å². The zero-order valence-electron chi connectivity index (χ0n) is 17.8. The first kappa shape index (κ1) is 21.5. The Morgan fingerprint density at radius 2 is 1.73 bits per heavy atom. The van der Waals surface area contributed by atoms with Gasteiger partial charge in [-0.25, -0.2) is 9.97 Å². The van der Waals surface area contributed by atoms with E-state index in [2.05, 4.69) is 34.3 Å². The van der Waals surface area contributed by atoms with E-state index in [0.29, 0.717) is 18.1 Å². The van der Waals surface area contributed by atoms with E-state index in [0.717, 1.165) is 36.2 Å². The fourth-order valence-electron chi connectivity index (χ4n) is 3.00. The van der Waals surface area contributed by atoms with Crippen molar-refractivity contribution >= 4 is 22.6 Å². The van der Waals surface area contributed by atoms with Crippen molar-refractivity contribution < 1.29 is 9.53 Å². The number of hydrogen-bond donors (Lipinski definition) is 1. The van der Waals surface area contributed by atoms with Crippen molar-refractivity contribution in [3.8, 4) is 5.75 Å². The summed E-state index contributed by atoms with van der Waals surface area (Å²) in [6.07, 6.45) is 1.01. The largest absolute Gasteiger partial charge is 0.484 e. The maximum absolute atomic E-state index is 12.5. The molecule has 1 heterocycles. The second kappa shape index (κ2) is 10.5. The maximum Gasteiger partial charge on any atom is 0.260 e. The summed E-state index contributed by atoms with van der Waals surface area (Å²) in [6.45, 7) is 2.11. The molecule has 7 nitrogen and oxygen atoms in total. The van der Waals surface area contributed by atoms with Crippen molar-refractivity contribution in [1.29, 1.82) is 0 Å². The van der Waals surface area contributed by atoms with Gasteiger partial charge in [0.05, 0.1) is 12.1 Å². The Morgan fingerprint density at radius 3 is 2.50 bits per heavy atom. The molecule has 30 heavy (non-hydrogen) atoms. The van der Waals surface area contributed by atoms with E-state index in [1.54, 1.807) is 11.9 Å². The van der Waals surface area contributed by atoms with Gasteiger partial charge in [-0.1, -0.05) is 30.3 Å². The van der Waals surface area contributed by atoms with Crippen LogP contribution < -0.4 is 10.1 Å². The van der Waals surface area contributed by atoms with E-state index in [1.807, 2.05) is 54.6 Å². The number of carbonyl (C=O) groups is 1. The molecule has 0 aliphatic carbocycles. The molecule has 158 valence electrons. The normalized spacial score (nSPS) is 10.9. The molecule has 3 aromatic rings. The van der Waals surface area contributed by atoms with Crippen LogP contribution in [0.25, 0.3) is 10.9 Å². The smallest absolute Gasteiger partial charge is 0.260 e. The molecule has 0 fully saturated rings. The van der Waals surface area contributed by atoms with Gasteiger partial charge in [-0.3, -0.25) is 4.79 Å². The Balaban J connectivity index is 1.66. The van der Waals surface area contributed by atoms with Crippen LogP contribution in [-0.4, -0.2) is 66.5 Å². The molecule has 1 N–H and O–H groups in total. The van der Waals surface area contributed by atoms with Crippen molar-refractivity contribution in [2.24, 2.45) is 0 Å². The van der Waals surface area contributed by atoms with E-state index < -0.39 is 0 Å². The molecule has 0 spiro atoms. The highest BCUT2D eigenvalue weighted by atomic mass is 16.5. The van der Waals surface area contributed by atoms with Gasteiger partial charge in [-0.15, -0.1) is 0 Å². The highest BCUT2D eigenvalue weighted by Gasteiger charge is 2.14. The molecule has 1 amide bonds. The summed E-state index contributed by atoms with van der Waals surface area (Å²) in [5.41, 5.74) is 0.860. The number of hydrogen-bond acceptors (Lipinski definition) is 6. The fraction of sp³-hybridized carbons (Fsp3) is 0.348. The van der Waals surface area contributed by atoms with Crippen molar-refractivity contribution in [3.05, 3.63) is 60.4 Å². The highest BCUT2D eigenvalue weighted by molar-refractivity contribution is 5.89. The third-order valence-electron chi connectivity index (χ3n) is 4.63. The minimum atomic E-state index is -0.129. The molecule has 0 unspecified atom stereocenters. The van der Waals surface area contributed by atoms with Gasteiger partial charge in [-0.2, -0.15) is 0 Å². The predicted octanol–water partition coefficient (Wildman–Crippen LogP) is 3.03. The molecule has 0 atom stereocenters. The van der Waals surface area contributed by atoms with Gasteiger partial charge in [-0.05, 0) is 51.3 Å². The number of benzene rings is 2. The van der Waals surface area contributed by atoms with E-state index >= 15 is 0 Å². The van der Waals surface area contributed by atoms with Crippen LogP contribution in [0.1, 0.15) is 12.2 Å². The predicted molar refractivity (Wildman–Crippen MR) is 120 cm³/mol. The Morgan fingerprint density at radius 1 is 1.00 bits per heavy atom. The van der Waals surface area contributed by atoms with E-state index in [1.165, 1.54) is 0 Å². The SMILES string of the molecule is CN(C)CCCNc1nc(CN(C)C(=O)COc2ccccc2)nc2ccccc12. The van der Waals surface area contributed by atoms with E-state index in [4.69, 9.17) is 4.74 Å². The number of carbonyl (C=O) groups excluding carboxylic acids is 1. The summed E-state index contributed by atoms with van der Waals surface area (Å²) in [5, 5.41) is 4.41. The molecule has 0 radical (unpaired) electrons. The summed E-state index contributed by atoms with van der Waals surface area (Å²) < 4.78 is 5.56. The molecular weight excluding hydrogens is 378 g/mol. The number of ether oxygens (including phenoxy) is 1. The lowest BCUT2D eigenvalue weighted by Crippen LogP contribution is -2.31. The number of fused-ring (bicyclic) bond motifs is 1. The minimum Gasteiger partial charge on any atom is -0.484 e. The number of likely N-dealkylation sites (N-methyl/N-ethyl adjacent to an activating group) is 1. The first-order chi connectivity index (χ1) is 14.5. The standard InChI is InChI=1S/C23H29N5O2/c1-27(2)15-9-14-24-23-19-12-7-8-13-20(19)25-21(26-23)16-28(3)22(29)17-30-18-10-5-4-6-11-18/h4-8,10-13H,9,14-17H2,1-3H3,(H,24,25,26). The zero-order chi connectivity index (χ0) is 21.3. The molecule has 0 saturated carbocycles. The number of nitrogens with one attached hydrogen (secondary N) is 1. The Kier molecular flexibility index (Phi) is 7.57. The first-order valence-corrected chi connectivity index (χ1v) is 10.1. The van der Waals surface area contributed by atoms with Crippen LogP contribution in [0, 0.1) is 0 Å². The molecular formula is C23H29N5O2. The number of anilines is 1. The zero-order valence-corrected chi connectivity index (χ0v) is 17.8. The lowest BCUT2D eigenvalue weighted by Gasteiger charge is -2.18. The van der Waals surface area contributed by atoms with Crippen LogP contribution in [0.4, 0.5) is 5.82 Å². The van der Waals surface area contributed by atoms with Gasteiger partial charge >= 0.3 is 0 Å². The molecule has 0 aliphatic heterocycles.